The summed E-state index contributed by atoms with van der Waals surface area (Å²) in [6.07, 6.45) is 0.771. The van der Waals surface area contributed by atoms with E-state index in [-0.39, 0.29) is 36.5 Å². The summed E-state index contributed by atoms with van der Waals surface area (Å²) in [5.74, 6) is -0.376. The van der Waals surface area contributed by atoms with Crippen LogP contribution in [0.15, 0.2) is 65.6 Å². The lowest BCUT2D eigenvalue weighted by Gasteiger charge is -2.30. The first-order valence-electron chi connectivity index (χ1n) is 10.4. The average Bonchev–Trinajstić information content (AvgIpc) is 2.82. The van der Waals surface area contributed by atoms with E-state index in [0.717, 1.165) is 34.2 Å². The lowest BCUT2D eigenvalue weighted by Crippen LogP contribution is -2.40. The molecule has 0 aromatic heterocycles. The molecule has 0 N–H and O–H groups in total. The van der Waals surface area contributed by atoms with Crippen molar-refractivity contribution in [3.63, 3.8) is 0 Å². The molecule has 32 heavy (non-hydrogen) atoms. The van der Waals surface area contributed by atoms with Crippen molar-refractivity contribution in [2.75, 3.05) is 20.2 Å². The number of hydrogen-bond donors (Lipinski definition) is 0. The van der Waals surface area contributed by atoms with Gasteiger partial charge in [-0.1, -0.05) is 18.2 Å². The van der Waals surface area contributed by atoms with E-state index >= 15 is 0 Å². The normalized spacial score (nSPS) is 15.6. The predicted molar refractivity (Wildman–Crippen MR) is 118 cm³/mol. The Labute approximate surface area is 186 Å². The maximum absolute atomic E-state index is 13.1. The number of nitrogens with zero attached hydrogens (tertiary/aromatic N) is 1. The number of piperidine rings is 1. The summed E-state index contributed by atoms with van der Waals surface area (Å²) in [6.45, 7) is 0.601. The van der Waals surface area contributed by atoms with Gasteiger partial charge in [-0.2, -0.15) is 4.31 Å². The van der Waals surface area contributed by atoms with Crippen molar-refractivity contribution in [2.45, 2.75) is 24.3 Å². The fourth-order valence-electron chi connectivity index (χ4n) is 3.85. The molecule has 1 saturated heterocycles. The summed E-state index contributed by atoms with van der Waals surface area (Å²) < 4.78 is 50.6. The van der Waals surface area contributed by atoms with E-state index in [4.69, 9.17) is 9.47 Å². The zero-order valence-electron chi connectivity index (χ0n) is 17.7. The molecule has 3 aromatic rings. The van der Waals surface area contributed by atoms with E-state index in [1.165, 1.54) is 16.4 Å². The van der Waals surface area contributed by atoms with Gasteiger partial charge in [0.25, 0.3) is 0 Å². The van der Waals surface area contributed by atoms with E-state index < -0.39 is 15.8 Å². The molecule has 1 aliphatic rings. The second-order valence-electron chi connectivity index (χ2n) is 7.79. The van der Waals surface area contributed by atoms with Crippen LogP contribution in [-0.2, 0) is 26.2 Å². The molecule has 0 spiro atoms. The fourth-order valence-corrected chi connectivity index (χ4v) is 5.32. The third-order valence-corrected chi connectivity index (χ3v) is 7.64. The minimum Gasteiger partial charge on any atom is -0.497 e. The van der Waals surface area contributed by atoms with Gasteiger partial charge in [0, 0.05) is 13.1 Å². The maximum Gasteiger partial charge on any atom is 0.309 e. The Morgan fingerprint density at radius 3 is 2.34 bits per heavy atom. The van der Waals surface area contributed by atoms with Crippen molar-refractivity contribution < 1.29 is 27.1 Å². The van der Waals surface area contributed by atoms with Gasteiger partial charge in [0.1, 0.15) is 18.2 Å². The van der Waals surface area contributed by atoms with E-state index in [1.807, 2.05) is 36.4 Å². The highest BCUT2D eigenvalue weighted by atomic mass is 32.2. The predicted octanol–water partition coefficient (Wildman–Crippen LogP) is 4.13. The van der Waals surface area contributed by atoms with E-state index in [1.54, 1.807) is 7.11 Å². The summed E-state index contributed by atoms with van der Waals surface area (Å²) in [5, 5.41) is 2.06. The summed E-state index contributed by atoms with van der Waals surface area (Å²) in [7, 11) is -2.08. The SMILES string of the molecule is COc1ccc2cc(COC(=O)C3CCN(S(=O)(=O)c4ccc(F)cc4)CC3)ccc2c1. The molecule has 0 unspecified atom stereocenters. The Kier molecular flexibility index (Phi) is 6.43. The summed E-state index contributed by atoms with van der Waals surface area (Å²) in [5.41, 5.74) is 0.882. The molecule has 168 valence electrons. The van der Waals surface area contributed by atoms with Gasteiger partial charge >= 0.3 is 5.97 Å². The first-order valence-corrected chi connectivity index (χ1v) is 11.8. The third-order valence-electron chi connectivity index (χ3n) is 5.73. The van der Waals surface area contributed by atoms with Gasteiger partial charge in [0.05, 0.1) is 17.9 Å². The molecule has 3 aromatic carbocycles. The van der Waals surface area contributed by atoms with Gasteiger partial charge < -0.3 is 9.47 Å². The molecule has 0 saturated carbocycles. The topological polar surface area (TPSA) is 72.9 Å². The molecule has 0 radical (unpaired) electrons. The molecule has 0 bridgehead atoms. The molecule has 8 heteroatoms. The number of carbonyl (C=O) groups excluding carboxylic acids is 1. The molecule has 1 aliphatic heterocycles. The first-order chi connectivity index (χ1) is 15.4. The van der Waals surface area contributed by atoms with Crippen LogP contribution in [0.2, 0.25) is 0 Å². The van der Waals surface area contributed by atoms with Gasteiger partial charge in [0.2, 0.25) is 10.0 Å². The van der Waals surface area contributed by atoms with Crippen LogP contribution in [0.3, 0.4) is 0 Å². The molecule has 0 amide bonds. The van der Waals surface area contributed by atoms with Crippen LogP contribution in [-0.4, -0.2) is 38.9 Å². The zero-order chi connectivity index (χ0) is 22.7. The lowest BCUT2D eigenvalue weighted by molar-refractivity contribution is -0.151. The smallest absolute Gasteiger partial charge is 0.309 e. The fraction of sp³-hybridized carbons (Fsp3) is 0.292. The highest BCUT2D eigenvalue weighted by molar-refractivity contribution is 7.89. The van der Waals surface area contributed by atoms with Crippen LogP contribution in [0.1, 0.15) is 18.4 Å². The molecular weight excluding hydrogens is 433 g/mol. The van der Waals surface area contributed by atoms with Crippen LogP contribution < -0.4 is 4.74 Å². The van der Waals surface area contributed by atoms with Crippen LogP contribution in [0, 0.1) is 11.7 Å². The lowest BCUT2D eigenvalue weighted by atomic mass is 9.98. The van der Waals surface area contributed by atoms with Crippen LogP contribution in [0.4, 0.5) is 4.39 Å². The van der Waals surface area contributed by atoms with E-state index in [0.29, 0.717) is 12.8 Å². The maximum atomic E-state index is 13.1. The number of carbonyl (C=O) groups is 1. The Morgan fingerprint density at radius 1 is 1.00 bits per heavy atom. The Hall–Kier alpha value is -2.97. The largest absolute Gasteiger partial charge is 0.497 e. The van der Waals surface area contributed by atoms with Crippen LogP contribution in [0.25, 0.3) is 10.8 Å². The summed E-state index contributed by atoms with van der Waals surface area (Å²) >= 11 is 0. The number of methoxy groups -OCH3 is 1. The molecule has 6 nitrogen and oxygen atoms in total. The highest BCUT2D eigenvalue weighted by Gasteiger charge is 2.32. The Balaban J connectivity index is 1.33. The minimum atomic E-state index is -3.70. The van der Waals surface area contributed by atoms with Gasteiger partial charge in [-0.15, -0.1) is 0 Å². The highest BCUT2D eigenvalue weighted by Crippen LogP contribution is 2.26. The number of esters is 1. The first kappa shape index (κ1) is 22.2. The van der Waals surface area contributed by atoms with Gasteiger partial charge in [-0.25, -0.2) is 12.8 Å². The Bertz CT molecular complexity index is 1220. The number of benzene rings is 3. The van der Waals surface area contributed by atoms with Crippen LogP contribution >= 0.6 is 0 Å². The van der Waals surface area contributed by atoms with Crippen molar-refractivity contribution in [2.24, 2.45) is 5.92 Å². The molecular formula is C24H24FNO5S. The molecule has 4 rings (SSSR count). The monoisotopic (exact) mass is 457 g/mol. The summed E-state index contributed by atoms with van der Waals surface area (Å²) in [6, 6.07) is 16.4. The number of sulfonamides is 1. The van der Waals surface area contributed by atoms with Gasteiger partial charge in [-0.3, -0.25) is 4.79 Å². The molecule has 0 aliphatic carbocycles. The minimum absolute atomic E-state index is 0.0499. The second kappa shape index (κ2) is 9.26. The molecule has 1 fully saturated rings. The number of halogens is 1. The average molecular weight is 458 g/mol. The van der Waals surface area contributed by atoms with Crippen molar-refractivity contribution in [3.05, 3.63) is 72.0 Å². The van der Waals surface area contributed by atoms with Crippen molar-refractivity contribution in [1.29, 1.82) is 0 Å². The number of hydrogen-bond acceptors (Lipinski definition) is 5. The van der Waals surface area contributed by atoms with Crippen molar-refractivity contribution in [3.8, 4) is 5.75 Å². The van der Waals surface area contributed by atoms with Gasteiger partial charge in [-0.05, 0) is 71.6 Å². The van der Waals surface area contributed by atoms with E-state index in [2.05, 4.69) is 0 Å². The standard InChI is InChI=1S/C24H24FNO5S/c1-30-22-7-4-19-14-17(2-3-20(19)15-22)16-31-24(27)18-10-12-26(13-11-18)32(28,29)23-8-5-21(25)6-9-23/h2-9,14-15,18H,10-13,16H2,1H3. The molecule has 0 atom stereocenters. The number of rotatable bonds is 6. The third kappa shape index (κ3) is 4.76. The van der Waals surface area contributed by atoms with Crippen molar-refractivity contribution >= 4 is 26.8 Å². The summed E-state index contributed by atoms with van der Waals surface area (Å²) in [4.78, 5) is 12.6. The number of ether oxygens (including phenoxy) is 2. The zero-order valence-corrected chi connectivity index (χ0v) is 18.5. The Morgan fingerprint density at radius 2 is 1.66 bits per heavy atom. The van der Waals surface area contributed by atoms with Crippen LogP contribution in [0.5, 0.6) is 5.75 Å². The molecule has 1 heterocycles. The van der Waals surface area contributed by atoms with E-state index in [9.17, 15) is 17.6 Å². The quantitative estimate of drug-likeness (QED) is 0.521. The second-order valence-corrected chi connectivity index (χ2v) is 9.73. The van der Waals surface area contributed by atoms with Crippen molar-refractivity contribution in [1.82, 2.24) is 4.31 Å². The number of fused-ring (bicyclic) bond motifs is 1. The van der Waals surface area contributed by atoms with Gasteiger partial charge in [0.15, 0.2) is 0 Å².